The third-order valence-corrected chi connectivity index (χ3v) is 5.74. The van der Waals surface area contributed by atoms with Crippen LogP contribution in [0.4, 0.5) is 0 Å². The molecular weight excluding hydrogens is 499 g/mol. The molecule has 0 radical (unpaired) electrons. The summed E-state index contributed by atoms with van der Waals surface area (Å²) >= 11 is 0. The summed E-state index contributed by atoms with van der Waals surface area (Å²) in [4.78, 5) is 18.6. The molecule has 168 valence electrons. The zero-order chi connectivity index (χ0) is 21.3. The van der Waals surface area contributed by atoms with Crippen molar-refractivity contribution in [1.29, 1.82) is 0 Å². The first-order valence-electron chi connectivity index (χ1n) is 11.0. The van der Waals surface area contributed by atoms with Crippen molar-refractivity contribution in [2.24, 2.45) is 4.99 Å². The molecule has 31 heavy (non-hydrogen) atoms. The van der Waals surface area contributed by atoms with Crippen LogP contribution in [0, 0.1) is 0 Å². The number of hydrogen-bond acceptors (Lipinski definition) is 2. The molecule has 1 aliphatic rings. The lowest BCUT2D eigenvalue weighted by Crippen LogP contribution is -2.44. The number of likely N-dealkylation sites (tertiary alicyclic amines) is 1. The predicted molar refractivity (Wildman–Crippen MR) is 139 cm³/mol. The lowest BCUT2D eigenvalue weighted by atomic mass is 9.94. The standard InChI is InChI=1S/C25H34N4O.HI/c1-4-26-25(28-20(3)19(2)23-12-6-5-7-13-23)27-17-21-10-8-11-22(16-21)18-29-15-9-14-24(29)30;/h5-8,10-13,16,19-20H,4,9,14-15,17-18H2,1-3H3,(H2,26,27,28);1H. The molecule has 2 aromatic rings. The summed E-state index contributed by atoms with van der Waals surface area (Å²) in [5, 5.41) is 6.91. The minimum atomic E-state index is 0. The van der Waals surface area contributed by atoms with Crippen molar-refractivity contribution >= 4 is 35.8 Å². The molecule has 2 atom stereocenters. The summed E-state index contributed by atoms with van der Waals surface area (Å²) < 4.78 is 0. The van der Waals surface area contributed by atoms with E-state index in [4.69, 9.17) is 4.99 Å². The second-order valence-corrected chi connectivity index (χ2v) is 8.07. The number of carbonyl (C=O) groups excluding carboxylic acids is 1. The first-order valence-corrected chi connectivity index (χ1v) is 11.0. The third-order valence-electron chi connectivity index (χ3n) is 5.74. The monoisotopic (exact) mass is 534 g/mol. The highest BCUT2D eigenvalue weighted by molar-refractivity contribution is 14.0. The highest BCUT2D eigenvalue weighted by Gasteiger charge is 2.20. The van der Waals surface area contributed by atoms with Gasteiger partial charge in [-0.05, 0) is 37.0 Å². The number of amides is 1. The zero-order valence-electron chi connectivity index (χ0n) is 18.8. The van der Waals surface area contributed by atoms with Crippen LogP contribution in [0.3, 0.4) is 0 Å². The molecule has 1 heterocycles. The van der Waals surface area contributed by atoms with Crippen molar-refractivity contribution < 1.29 is 4.79 Å². The number of rotatable bonds is 8. The molecule has 5 nitrogen and oxygen atoms in total. The Balaban J connectivity index is 0.00000341. The van der Waals surface area contributed by atoms with Crippen LogP contribution < -0.4 is 10.6 Å². The smallest absolute Gasteiger partial charge is 0.222 e. The van der Waals surface area contributed by atoms with Crippen LogP contribution in [-0.4, -0.2) is 35.9 Å². The van der Waals surface area contributed by atoms with Crippen LogP contribution in [-0.2, 0) is 17.9 Å². The Bertz CT molecular complexity index is 856. The van der Waals surface area contributed by atoms with Gasteiger partial charge in [-0.2, -0.15) is 0 Å². The molecule has 0 bridgehead atoms. The molecule has 0 spiro atoms. The molecule has 3 rings (SSSR count). The van der Waals surface area contributed by atoms with Gasteiger partial charge in [-0.1, -0.05) is 61.5 Å². The summed E-state index contributed by atoms with van der Waals surface area (Å²) in [6.45, 7) is 9.49. The zero-order valence-corrected chi connectivity index (χ0v) is 21.1. The SMILES string of the molecule is CCNC(=NCc1cccc(CN2CCCC2=O)c1)NC(C)C(C)c1ccccc1.I. The van der Waals surface area contributed by atoms with E-state index in [1.807, 2.05) is 11.0 Å². The molecule has 1 aliphatic heterocycles. The van der Waals surface area contributed by atoms with E-state index in [0.29, 0.717) is 25.4 Å². The van der Waals surface area contributed by atoms with Crippen molar-refractivity contribution in [1.82, 2.24) is 15.5 Å². The number of aliphatic imine (C=N–C) groups is 1. The fraction of sp³-hybridized carbons (Fsp3) is 0.440. The van der Waals surface area contributed by atoms with E-state index in [-0.39, 0.29) is 35.9 Å². The van der Waals surface area contributed by atoms with Crippen molar-refractivity contribution in [2.75, 3.05) is 13.1 Å². The Morgan fingerprint density at radius 3 is 2.52 bits per heavy atom. The van der Waals surface area contributed by atoms with Crippen molar-refractivity contribution in [3.8, 4) is 0 Å². The van der Waals surface area contributed by atoms with Gasteiger partial charge in [-0.25, -0.2) is 4.99 Å². The van der Waals surface area contributed by atoms with Gasteiger partial charge in [0.2, 0.25) is 5.91 Å². The van der Waals surface area contributed by atoms with Gasteiger partial charge in [-0.15, -0.1) is 24.0 Å². The number of guanidine groups is 1. The van der Waals surface area contributed by atoms with Gasteiger partial charge in [0, 0.05) is 38.0 Å². The predicted octanol–water partition coefficient (Wildman–Crippen LogP) is 4.67. The Kier molecular flexibility index (Phi) is 10.3. The van der Waals surface area contributed by atoms with Gasteiger partial charge in [0.1, 0.15) is 0 Å². The molecule has 0 aromatic heterocycles. The maximum atomic E-state index is 11.9. The van der Waals surface area contributed by atoms with Gasteiger partial charge in [0.15, 0.2) is 5.96 Å². The van der Waals surface area contributed by atoms with Crippen LogP contribution in [0.15, 0.2) is 59.6 Å². The highest BCUT2D eigenvalue weighted by Crippen LogP contribution is 2.19. The second-order valence-electron chi connectivity index (χ2n) is 8.07. The first-order chi connectivity index (χ1) is 14.6. The Labute approximate surface area is 203 Å². The van der Waals surface area contributed by atoms with Crippen LogP contribution in [0.1, 0.15) is 56.2 Å². The Hall–Kier alpha value is -2.09. The quantitative estimate of drug-likeness (QED) is 0.294. The number of carbonyl (C=O) groups is 1. The molecule has 2 aromatic carbocycles. The summed E-state index contributed by atoms with van der Waals surface area (Å²) in [6, 6.07) is 19.2. The van der Waals surface area contributed by atoms with E-state index in [9.17, 15) is 4.79 Å². The molecule has 1 amide bonds. The summed E-state index contributed by atoms with van der Waals surface area (Å²) in [7, 11) is 0. The number of nitrogens with one attached hydrogen (secondary N) is 2. The number of hydrogen-bond donors (Lipinski definition) is 2. The Morgan fingerprint density at radius 2 is 1.84 bits per heavy atom. The summed E-state index contributed by atoms with van der Waals surface area (Å²) in [6.07, 6.45) is 1.65. The van der Waals surface area contributed by atoms with Gasteiger partial charge in [-0.3, -0.25) is 4.79 Å². The lowest BCUT2D eigenvalue weighted by Gasteiger charge is -2.24. The van der Waals surface area contributed by atoms with E-state index in [0.717, 1.165) is 31.0 Å². The van der Waals surface area contributed by atoms with E-state index < -0.39 is 0 Å². The minimum Gasteiger partial charge on any atom is -0.357 e. The number of nitrogens with zero attached hydrogens (tertiary/aromatic N) is 2. The molecular formula is C25H35IN4O. The average Bonchev–Trinajstić information content (AvgIpc) is 3.17. The van der Waals surface area contributed by atoms with Crippen LogP contribution in [0.25, 0.3) is 0 Å². The van der Waals surface area contributed by atoms with Crippen LogP contribution in [0.2, 0.25) is 0 Å². The van der Waals surface area contributed by atoms with Crippen LogP contribution in [0.5, 0.6) is 0 Å². The number of halogens is 1. The van der Waals surface area contributed by atoms with Crippen molar-refractivity contribution in [3.05, 3.63) is 71.3 Å². The van der Waals surface area contributed by atoms with Gasteiger partial charge >= 0.3 is 0 Å². The third kappa shape index (κ3) is 7.52. The molecule has 1 fully saturated rings. The lowest BCUT2D eigenvalue weighted by molar-refractivity contribution is -0.128. The molecule has 2 unspecified atom stereocenters. The minimum absolute atomic E-state index is 0. The van der Waals surface area contributed by atoms with E-state index in [2.05, 4.69) is 79.9 Å². The van der Waals surface area contributed by atoms with Gasteiger partial charge in [0.05, 0.1) is 6.54 Å². The molecule has 1 saturated heterocycles. The largest absolute Gasteiger partial charge is 0.357 e. The van der Waals surface area contributed by atoms with Crippen LogP contribution >= 0.6 is 24.0 Å². The Morgan fingerprint density at radius 1 is 1.10 bits per heavy atom. The number of benzene rings is 2. The van der Waals surface area contributed by atoms with E-state index in [1.165, 1.54) is 11.1 Å². The second kappa shape index (κ2) is 12.7. The van der Waals surface area contributed by atoms with Crippen molar-refractivity contribution in [3.63, 3.8) is 0 Å². The summed E-state index contributed by atoms with van der Waals surface area (Å²) in [5.41, 5.74) is 3.64. The molecule has 0 saturated carbocycles. The van der Waals surface area contributed by atoms with Gasteiger partial charge < -0.3 is 15.5 Å². The fourth-order valence-corrected chi connectivity index (χ4v) is 3.79. The highest BCUT2D eigenvalue weighted by atomic mass is 127. The van der Waals surface area contributed by atoms with Gasteiger partial charge in [0.25, 0.3) is 0 Å². The molecule has 6 heteroatoms. The average molecular weight is 534 g/mol. The summed E-state index contributed by atoms with van der Waals surface area (Å²) in [5.74, 6) is 1.46. The van der Waals surface area contributed by atoms with E-state index >= 15 is 0 Å². The maximum Gasteiger partial charge on any atom is 0.222 e. The topological polar surface area (TPSA) is 56.7 Å². The normalized spacial score (nSPS) is 15.9. The van der Waals surface area contributed by atoms with E-state index in [1.54, 1.807) is 0 Å². The molecule has 2 N–H and O–H groups in total. The first kappa shape index (κ1) is 25.2. The molecule has 0 aliphatic carbocycles. The maximum absolute atomic E-state index is 11.9. The van der Waals surface area contributed by atoms with Crippen molar-refractivity contribution in [2.45, 2.75) is 58.7 Å². The fourth-order valence-electron chi connectivity index (χ4n) is 3.79.